The van der Waals surface area contributed by atoms with Crippen molar-refractivity contribution < 1.29 is 9.53 Å². The van der Waals surface area contributed by atoms with Gasteiger partial charge in [0.1, 0.15) is 0 Å². The average molecular weight is 268 g/mol. The summed E-state index contributed by atoms with van der Waals surface area (Å²) in [6, 6.07) is 0.743. The molecule has 0 amide bonds. The van der Waals surface area contributed by atoms with E-state index in [1.165, 1.54) is 39.3 Å². The zero-order valence-corrected chi connectivity index (χ0v) is 12.4. The number of esters is 1. The summed E-state index contributed by atoms with van der Waals surface area (Å²) in [6.07, 6.45) is 7.42. The number of carbonyl (C=O) groups excluding carboxylic acids is 1. The molecule has 19 heavy (non-hydrogen) atoms. The summed E-state index contributed by atoms with van der Waals surface area (Å²) in [5.41, 5.74) is 0. The first kappa shape index (κ1) is 14.8. The first-order valence-corrected chi connectivity index (χ1v) is 7.71. The van der Waals surface area contributed by atoms with Gasteiger partial charge in [-0.25, -0.2) is 0 Å². The van der Waals surface area contributed by atoms with E-state index < -0.39 is 0 Å². The van der Waals surface area contributed by atoms with Crippen molar-refractivity contribution >= 4 is 5.97 Å². The maximum Gasteiger partial charge on any atom is 0.309 e. The molecule has 0 saturated carbocycles. The molecule has 0 aromatic carbocycles. The highest BCUT2D eigenvalue weighted by Crippen LogP contribution is 2.21. The van der Waals surface area contributed by atoms with Gasteiger partial charge in [0, 0.05) is 12.6 Å². The number of carbonyl (C=O) groups is 1. The molecule has 2 fully saturated rings. The molecule has 0 spiro atoms. The van der Waals surface area contributed by atoms with Gasteiger partial charge in [-0.3, -0.25) is 4.79 Å². The molecule has 0 aromatic heterocycles. The minimum absolute atomic E-state index is 0.0283. The first-order chi connectivity index (χ1) is 9.20. The van der Waals surface area contributed by atoms with Gasteiger partial charge in [0.25, 0.3) is 0 Å². The van der Waals surface area contributed by atoms with Crippen LogP contribution in [-0.4, -0.2) is 62.1 Å². The molecule has 0 aromatic rings. The smallest absolute Gasteiger partial charge is 0.309 e. The Kier molecular flexibility index (Phi) is 5.64. The Labute approximate surface area is 117 Å². The van der Waals surface area contributed by atoms with Gasteiger partial charge >= 0.3 is 5.97 Å². The predicted molar refractivity (Wildman–Crippen MR) is 76.1 cm³/mol. The standard InChI is InChI=1S/C15H28N2O2/c1-16-9-4-3-7-14(16)8-11-17-10-5-6-13(12-17)15(18)19-2/h13-14H,3-12H2,1-2H3/t13-,14?/m0/s1. The Morgan fingerprint density at radius 1 is 1.21 bits per heavy atom. The molecule has 0 bridgehead atoms. The largest absolute Gasteiger partial charge is 0.469 e. The number of hydrogen-bond acceptors (Lipinski definition) is 4. The van der Waals surface area contributed by atoms with Crippen LogP contribution in [0.4, 0.5) is 0 Å². The van der Waals surface area contributed by atoms with E-state index in [0.717, 1.165) is 38.5 Å². The van der Waals surface area contributed by atoms with E-state index in [0.29, 0.717) is 0 Å². The zero-order chi connectivity index (χ0) is 13.7. The lowest BCUT2D eigenvalue weighted by molar-refractivity contribution is -0.147. The van der Waals surface area contributed by atoms with E-state index in [2.05, 4.69) is 16.8 Å². The van der Waals surface area contributed by atoms with Crippen molar-refractivity contribution in [3.8, 4) is 0 Å². The van der Waals surface area contributed by atoms with Crippen LogP contribution < -0.4 is 0 Å². The summed E-state index contributed by atoms with van der Waals surface area (Å²) in [7, 11) is 3.75. The fraction of sp³-hybridized carbons (Fsp3) is 0.933. The van der Waals surface area contributed by atoms with E-state index in [-0.39, 0.29) is 11.9 Å². The lowest BCUT2D eigenvalue weighted by atomic mass is 9.96. The lowest BCUT2D eigenvalue weighted by Crippen LogP contribution is -2.43. The van der Waals surface area contributed by atoms with Crippen LogP contribution in [0.15, 0.2) is 0 Å². The maximum absolute atomic E-state index is 11.6. The van der Waals surface area contributed by atoms with Gasteiger partial charge in [0.2, 0.25) is 0 Å². The molecule has 0 aliphatic carbocycles. The lowest BCUT2D eigenvalue weighted by Gasteiger charge is -2.36. The van der Waals surface area contributed by atoms with Crippen LogP contribution in [0.3, 0.4) is 0 Å². The molecule has 2 saturated heterocycles. The number of methoxy groups -OCH3 is 1. The molecule has 2 atom stereocenters. The van der Waals surface area contributed by atoms with E-state index in [1.807, 2.05) is 0 Å². The number of piperidine rings is 2. The quantitative estimate of drug-likeness (QED) is 0.727. The Morgan fingerprint density at radius 2 is 2.05 bits per heavy atom. The van der Waals surface area contributed by atoms with E-state index in [1.54, 1.807) is 0 Å². The minimum Gasteiger partial charge on any atom is -0.469 e. The molecule has 2 rings (SSSR count). The highest BCUT2D eigenvalue weighted by molar-refractivity contribution is 5.72. The second-order valence-corrected chi connectivity index (χ2v) is 6.08. The van der Waals surface area contributed by atoms with Gasteiger partial charge in [-0.15, -0.1) is 0 Å². The summed E-state index contributed by atoms with van der Waals surface area (Å²) >= 11 is 0. The Balaban J connectivity index is 1.74. The molecule has 2 aliphatic rings. The zero-order valence-electron chi connectivity index (χ0n) is 12.4. The molecule has 110 valence electrons. The van der Waals surface area contributed by atoms with Crippen molar-refractivity contribution in [3.05, 3.63) is 0 Å². The van der Waals surface area contributed by atoms with Crippen LogP contribution in [0.5, 0.6) is 0 Å². The molecule has 2 heterocycles. The highest BCUT2D eigenvalue weighted by atomic mass is 16.5. The molecule has 4 nitrogen and oxygen atoms in total. The van der Waals surface area contributed by atoms with Crippen LogP contribution in [0.25, 0.3) is 0 Å². The molecule has 2 aliphatic heterocycles. The van der Waals surface area contributed by atoms with Gasteiger partial charge < -0.3 is 14.5 Å². The van der Waals surface area contributed by atoms with Gasteiger partial charge in [-0.1, -0.05) is 6.42 Å². The van der Waals surface area contributed by atoms with Gasteiger partial charge in [-0.05, 0) is 58.8 Å². The van der Waals surface area contributed by atoms with Crippen LogP contribution in [0.2, 0.25) is 0 Å². The van der Waals surface area contributed by atoms with Crippen molar-refractivity contribution in [2.45, 2.75) is 44.6 Å². The predicted octanol–water partition coefficient (Wildman–Crippen LogP) is 1.75. The fourth-order valence-corrected chi connectivity index (χ4v) is 3.46. The minimum atomic E-state index is -0.0283. The van der Waals surface area contributed by atoms with Gasteiger partial charge in [0.05, 0.1) is 13.0 Å². The first-order valence-electron chi connectivity index (χ1n) is 7.71. The molecule has 0 N–H and O–H groups in total. The Morgan fingerprint density at radius 3 is 2.79 bits per heavy atom. The second kappa shape index (κ2) is 7.25. The maximum atomic E-state index is 11.6. The van der Waals surface area contributed by atoms with Crippen LogP contribution in [-0.2, 0) is 9.53 Å². The third-order valence-corrected chi connectivity index (χ3v) is 4.74. The molecule has 0 radical (unpaired) electrons. The van der Waals surface area contributed by atoms with E-state index >= 15 is 0 Å². The van der Waals surface area contributed by atoms with Crippen LogP contribution in [0.1, 0.15) is 38.5 Å². The number of hydrogen-bond donors (Lipinski definition) is 0. The SMILES string of the molecule is COC(=O)[C@H]1CCCN(CCC2CCCCN2C)C1. The second-order valence-electron chi connectivity index (χ2n) is 6.08. The summed E-state index contributed by atoms with van der Waals surface area (Å²) in [6.45, 7) is 4.41. The topological polar surface area (TPSA) is 32.8 Å². The summed E-state index contributed by atoms with van der Waals surface area (Å²) in [5.74, 6) is 0.0716. The summed E-state index contributed by atoms with van der Waals surface area (Å²) in [5, 5.41) is 0. The van der Waals surface area contributed by atoms with Crippen molar-refractivity contribution in [2.75, 3.05) is 40.3 Å². The van der Waals surface area contributed by atoms with E-state index in [9.17, 15) is 4.79 Å². The highest BCUT2D eigenvalue weighted by Gasteiger charge is 2.27. The van der Waals surface area contributed by atoms with Gasteiger partial charge in [0.15, 0.2) is 0 Å². The van der Waals surface area contributed by atoms with Crippen LogP contribution in [0, 0.1) is 5.92 Å². The van der Waals surface area contributed by atoms with Crippen molar-refractivity contribution in [1.82, 2.24) is 9.80 Å². The number of likely N-dealkylation sites (tertiary alicyclic amines) is 2. The van der Waals surface area contributed by atoms with Crippen molar-refractivity contribution in [1.29, 1.82) is 0 Å². The van der Waals surface area contributed by atoms with Gasteiger partial charge in [-0.2, -0.15) is 0 Å². The average Bonchev–Trinajstić information content (AvgIpc) is 2.46. The summed E-state index contributed by atoms with van der Waals surface area (Å²) in [4.78, 5) is 16.6. The van der Waals surface area contributed by atoms with Crippen molar-refractivity contribution in [3.63, 3.8) is 0 Å². The normalized spacial score (nSPS) is 30.2. The number of ether oxygens (including phenoxy) is 1. The van der Waals surface area contributed by atoms with Crippen molar-refractivity contribution in [2.24, 2.45) is 5.92 Å². The number of nitrogens with zero attached hydrogens (tertiary/aromatic N) is 2. The van der Waals surface area contributed by atoms with Crippen LogP contribution >= 0.6 is 0 Å². The third-order valence-electron chi connectivity index (χ3n) is 4.74. The summed E-state index contributed by atoms with van der Waals surface area (Å²) < 4.78 is 4.88. The Bertz CT molecular complexity index is 296. The number of rotatable bonds is 4. The monoisotopic (exact) mass is 268 g/mol. The molecule has 4 heteroatoms. The molecular formula is C15H28N2O2. The Hall–Kier alpha value is -0.610. The van der Waals surface area contributed by atoms with E-state index in [4.69, 9.17) is 4.74 Å². The third kappa shape index (κ3) is 4.18. The fourth-order valence-electron chi connectivity index (χ4n) is 3.46. The molecule has 1 unspecified atom stereocenters. The molecular weight excluding hydrogens is 240 g/mol.